The monoisotopic (exact) mass is 1450 g/mol. The molecular formula is C65H64F9IO9S5. The molecule has 0 aliphatic rings. The van der Waals surface area contributed by atoms with Crippen molar-refractivity contribution in [2.45, 2.75) is 142 Å². The molecule has 0 aliphatic carbocycles. The van der Waals surface area contributed by atoms with Gasteiger partial charge in [0, 0.05) is 44.5 Å². The van der Waals surface area contributed by atoms with Crippen LogP contribution in [0.1, 0.15) is 89.0 Å². The van der Waals surface area contributed by atoms with Gasteiger partial charge in [0.1, 0.15) is 21.8 Å². The van der Waals surface area contributed by atoms with Gasteiger partial charge in [-0.2, -0.15) is 39.5 Å². The fraction of sp³-hybridized carbons (Fsp3) is 0.262. The van der Waals surface area contributed by atoms with Gasteiger partial charge in [0.15, 0.2) is 66.9 Å². The highest BCUT2D eigenvalue weighted by Gasteiger charge is 2.40. The molecule has 0 spiro atoms. The lowest BCUT2D eigenvalue weighted by atomic mass is 10.1. The van der Waals surface area contributed by atoms with Crippen LogP contribution in [-0.4, -0.2) is 55.4 Å². The van der Waals surface area contributed by atoms with Crippen LogP contribution in [0.5, 0.6) is 0 Å². The normalized spacial score (nSPS) is 12.2. The number of halogens is 10. The predicted octanol–water partition coefficient (Wildman–Crippen LogP) is 13.0. The molecule has 0 saturated heterocycles. The lowest BCUT2D eigenvalue weighted by molar-refractivity contribution is -0.597. The molecule has 478 valence electrons. The van der Waals surface area contributed by atoms with Gasteiger partial charge in [0.05, 0.1) is 0 Å². The van der Waals surface area contributed by atoms with Crippen molar-refractivity contribution in [2.24, 2.45) is 0 Å². The van der Waals surface area contributed by atoms with Crippen molar-refractivity contribution in [2.75, 3.05) is 0 Å². The van der Waals surface area contributed by atoms with Gasteiger partial charge in [0.2, 0.25) is 0 Å². The summed E-state index contributed by atoms with van der Waals surface area (Å²) in [7, 11) is -18.6. The van der Waals surface area contributed by atoms with E-state index in [1.54, 1.807) is 0 Å². The van der Waals surface area contributed by atoms with E-state index in [1.165, 1.54) is 126 Å². The van der Waals surface area contributed by atoms with Gasteiger partial charge in [-0.1, -0.05) is 119 Å². The third-order valence-electron chi connectivity index (χ3n) is 13.3. The van der Waals surface area contributed by atoms with E-state index in [-0.39, 0.29) is 43.0 Å². The second-order valence-corrected chi connectivity index (χ2v) is 32.2. The predicted molar refractivity (Wildman–Crippen MR) is 323 cm³/mol. The lowest BCUT2D eigenvalue weighted by Gasteiger charge is -2.17. The summed E-state index contributed by atoms with van der Waals surface area (Å²) in [6.07, 6.45) is 1.87. The van der Waals surface area contributed by atoms with Crippen molar-refractivity contribution in [3.63, 3.8) is 0 Å². The Hall–Kier alpha value is -5.71. The van der Waals surface area contributed by atoms with E-state index < -0.39 is 46.9 Å². The van der Waals surface area contributed by atoms with E-state index in [2.05, 4.69) is 229 Å². The maximum absolute atomic E-state index is 10.7. The number of rotatable bonds is 12. The van der Waals surface area contributed by atoms with Gasteiger partial charge in [-0.05, 0) is 167 Å². The van der Waals surface area contributed by atoms with Gasteiger partial charge < -0.3 is 13.7 Å². The largest absolute Gasteiger partial charge is 0.741 e. The Labute approximate surface area is 531 Å². The van der Waals surface area contributed by atoms with E-state index in [0.717, 1.165) is 12.8 Å². The van der Waals surface area contributed by atoms with E-state index in [9.17, 15) is 39.5 Å². The molecule has 24 heteroatoms. The number of aryl methyl sites for hydroxylation is 12. The van der Waals surface area contributed by atoms with Gasteiger partial charge in [-0.3, -0.25) is 0 Å². The summed E-state index contributed by atoms with van der Waals surface area (Å²) in [6, 6.07) is 56.7. The number of hydrogen-bond donors (Lipinski definition) is 0. The summed E-state index contributed by atoms with van der Waals surface area (Å²) in [5.74, 6) is 0. The average molecular weight is 1450 g/mol. The Morgan fingerprint density at radius 2 is 0.472 bits per heavy atom. The Balaban J connectivity index is 0.000000505. The second-order valence-electron chi connectivity index (χ2n) is 21.2. The number of hydrogen-bond acceptors (Lipinski definition) is 9. The molecule has 0 atom stereocenters. The van der Waals surface area contributed by atoms with E-state index >= 15 is 0 Å². The summed E-state index contributed by atoms with van der Waals surface area (Å²) in [5, 5.41) is 0. The summed E-state index contributed by atoms with van der Waals surface area (Å²) in [4.78, 5) is 8.64. The minimum atomic E-state index is -6.09. The lowest BCUT2D eigenvalue weighted by Crippen LogP contribution is -3.61. The van der Waals surface area contributed by atoms with E-state index in [0.29, 0.717) is 0 Å². The molecule has 0 heterocycles. The highest BCUT2D eigenvalue weighted by Crippen LogP contribution is 2.41. The van der Waals surface area contributed by atoms with Crippen LogP contribution in [0.25, 0.3) is 0 Å². The molecule has 89 heavy (non-hydrogen) atoms. The highest BCUT2D eigenvalue weighted by atomic mass is 127. The van der Waals surface area contributed by atoms with Crippen molar-refractivity contribution in [1.29, 1.82) is 0 Å². The Morgan fingerprint density at radius 3 is 0.629 bits per heavy atom. The minimum Gasteiger partial charge on any atom is -0.741 e. The minimum absolute atomic E-state index is 0.182. The average Bonchev–Trinajstić information content (AvgIpc) is 0.945. The van der Waals surface area contributed by atoms with Crippen LogP contribution >= 0.6 is 0 Å². The zero-order chi connectivity index (χ0) is 67.1. The molecule has 0 unspecified atom stereocenters. The van der Waals surface area contributed by atoms with Crippen molar-refractivity contribution in [3.05, 3.63) is 242 Å². The standard InChI is InChI=1S/C62H64IS2.3CHF3O3S/c1-39-29-43(5)59(44(6)30-39)64(60-45(7)31-40(2)32-46(60)8)57-25-17-53(18-26-57)37-51-13-21-55(22-14-51)63-56-23-15-52(16-24-56)38-54-19-27-58(28-20-54)65(61-47(9)33-41(3)34-48(61)10)62-49(11)35-42(4)36-50(62)12;3*2-1(3,4)8(5,6)7/h13-36H,37-38H2,1-12H3;3*(H,5,6,7)/q+3;;;/p-3. The van der Waals surface area contributed by atoms with Gasteiger partial charge >= 0.3 is 37.7 Å². The fourth-order valence-electron chi connectivity index (χ4n) is 10.0. The van der Waals surface area contributed by atoms with Crippen molar-refractivity contribution >= 4 is 52.1 Å². The molecule has 0 radical (unpaired) electrons. The molecule has 8 aromatic rings. The van der Waals surface area contributed by atoms with Gasteiger partial charge in [0.25, 0.3) is 0 Å². The summed E-state index contributed by atoms with van der Waals surface area (Å²) < 4.78 is 180. The van der Waals surface area contributed by atoms with Crippen LogP contribution in [0, 0.1) is 90.2 Å². The quantitative estimate of drug-likeness (QED) is 0.0379. The van der Waals surface area contributed by atoms with Gasteiger partial charge in [-0.25, -0.2) is 25.3 Å². The third-order valence-corrected chi connectivity index (χ3v) is 23.3. The first-order valence-corrected chi connectivity index (χ1v) is 35.6. The Bertz CT molecular complexity index is 3650. The molecule has 0 N–H and O–H groups in total. The molecule has 8 aromatic carbocycles. The molecule has 0 aliphatic heterocycles. The fourth-order valence-corrected chi connectivity index (χ4v) is 17.4. The van der Waals surface area contributed by atoms with Crippen LogP contribution in [0.2, 0.25) is 0 Å². The first-order chi connectivity index (χ1) is 40.9. The molecule has 8 rings (SSSR count). The van der Waals surface area contributed by atoms with Crippen molar-refractivity contribution in [1.82, 2.24) is 0 Å². The Morgan fingerprint density at radius 1 is 0.315 bits per heavy atom. The summed E-state index contributed by atoms with van der Waals surface area (Å²) >= 11 is -0.262. The molecule has 0 bridgehead atoms. The number of benzene rings is 8. The number of alkyl halides is 9. The van der Waals surface area contributed by atoms with E-state index in [4.69, 9.17) is 38.9 Å². The SMILES string of the molecule is Cc1cc(C)c([S+](c2ccc(Cc3ccc([I+]c4ccc(Cc5ccc([S+](c6c(C)cc(C)cc6C)c6c(C)cc(C)cc6C)cc5)cc4)cc3)cc2)c2c(C)cc(C)cc2C)c(C)c1.O=S(=O)([O-])C(F)(F)F.O=S(=O)([O-])C(F)(F)F.O=S(=O)([O-])C(F)(F)F. The van der Waals surface area contributed by atoms with Crippen molar-refractivity contribution < 1.29 is 99.6 Å². The first kappa shape index (κ1) is 74.0. The molecule has 0 amide bonds. The molecule has 0 fully saturated rings. The molecule has 0 aromatic heterocycles. The van der Waals surface area contributed by atoms with Crippen LogP contribution < -0.4 is 21.2 Å². The maximum Gasteiger partial charge on any atom is 0.485 e. The van der Waals surface area contributed by atoms with Crippen LogP contribution in [0.3, 0.4) is 0 Å². The Kier molecular flexibility index (Phi) is 24.7. The van der Waals surface area contributed by atoms with Crippen LogP contribution in [-0.2, 0) is 65.0 Å². The second kappa shape index (κ2) is 29.7. The van der Waals surface area contributed by atoms with Crippen LogP contribution in [0.4, 0.5) is 39.5 Å². The molecule has 0 saturated carbocycles. The van der Waals surface area contributed by atoms with Crippen molar-refractivity contribution in [3.8, 4) is 0 Å². The highest BCUT2D eigenvalue weighted by molar-refractivity contribution is 7.97. The smallest absolute Gasteiger partial charge is 0.485 e. The maximum atomic E-state index is 10.7. The first-order valence-electron chi connectivity index (χ1n) is 26.7. The zero-order valence-corrected chi connectivity index (χ0v) is 56.5. The zero-order valence-electron chi connectivity index (χ0n) is 50.3. The van der Waals surface area contributed by atoms with Crippen LogP contribution in [0.15, 0.2) is 175 Å². The molecular weight excluding hydrogens is 1380 g/mol. The van der Waals surface area contributed by atoms with Gasteiger partial charge in [-0.15, -0.1) is 0 Å². The summed E-state index contributed by atoms with van der Waals surface area (Å²) in [6.45, 7) is 27.2. The third kappa shape index (κ3) is 20.4. The van der Waals surface area contributed by atoms with E-state index in [1.807, 2.05) is 0 Å². The topological polar surface area (TPSA) is 172 Å². The summed E-state index contributed by atoms with van der Waals surface area (Å²) in [5.41, 5.74) is 4.87. The molecule has 9 nitrogen and oxygen atoms in total.